The SMILES string of the molecule is CC1COP(Oc2ccc3ccccc3c2)O1. The van der Waals surface area contributed by atoms with E-state index in [-0.39, 0.29) is 6.10 Å². The second kappa shape index (κ2) is 4.61. The van der Waals surface area contributed by atoms with Crippen molar-refractivity contribution < 1.29 is 13.6 Å². The Bertz CT molecular complexity index is 529. The Morgan fingerprint density at radius 3 is 2.76 bits per heavy atom. The summed E-state index contributed by atoms with van der Waals surface area (Å²) in [5.41, 5.74) is 0. The highest BCUT2D eigenvalue weighted by molar-refractivity contribution is 7.42. The molecule has 0 N–H and O–H groups in total. The molecule has 3 nitrogen and oxygen atoms in total. The third kappa shape index (κ3) is 2.42. The molecule has 2 aromatic rings. The first-order valence-corrected chi connectivity index (χ1v) is 6.67. The minimum absolute atomic E-state index is 0.126. The average Bonchev–Trinajstić information content (AvgIpc) is 2.75. The Morgan fingerprint density at radius 2 is 2.00 bits per heavy atom. The van der Waals surface area contributed by atoms with Crippen molar-refractivity contribution in [3.05, 3.63) is 42.5 Å². The maximum Gasteiger partial charge on any atom is 0.397 e. The van der Waals surface area contributed by atoms with Crippen LogP contribution in [0.2, 0.25) is 0 Å². The fourth-order valence-electron chi connectivity index (χ4n) is 1.73. The van der Waals surface area contributed by atoms with Crippen molar-refractivity contribution >= 4 is 19.4 Å². The third-order valence-electron chi connectivity index (χ3n) is 2.58. The highest BCUT2D eigenvalue weighted by atomic mass is 31.2. The standard InChI is InChI=1S/C13H13O3P/c1-10-9-14-17(15-10)16-13-7-6-11-4-2-3-5-12(11)8-13/h2-8,10H,9H2,1H3. The topological polar surface area (TPSA) is 27.7 Å². The van der Waals surface area contributed by atoms with Crippen LogP contribution in [0.4, 0.5) is 0 Å². The van der Waals surface area contributed by atoms with Gasteiger partial charge in [-0.15, -0.1) is 0 Å². The van der Waals surface area contributed by atoms with Gasteiger partial charge in [-0.2, -0.15) is 0 Å². The molecule has 0 amide bonds. The highest BCUT2D eigenvalue weighted by Gasteiger charge is 2.26. The second-order valence-corrected chi connectivity index (χ2v) is 5.13. The Hall–Kier alpha value is -1.15. The smallest absolute Gasteiger partial charge is 0.397 e. The molecular formula is C13H13O3P. The van der Waals surface area contributed by atoms with Gasteiger partial charge in [-0.3, -0.25) is 9.05 Å². The van der Waals surface area contributed by atoms with E-state index >= 15 is 0 Å². The van der Waals surface area contributed by atoms with E-state index in [1.807, 2.05) is 37.3 Å². The first-order chi connectivity index (χ1) is 8.31. The van der Waals surface area contributed by atoms with Crippen LogP contribution in [-0.4, -0.2) is 12.7 Å². The zero-order chi connectivity index (χ0) is 11.7. The van der Waals surface area contributed by atoms with Gasteiger partial charge in [0.1, 0.15) is 5.75 Å². The lowest BCUT2D eigenvalue weighted by atomic mass is 10.1. The van der Waals surface area contributed by atoms with Crippen molar-refractivity contribution in [1.29, 1.82) is 0 Å². The van der Waals surface area contributed by atoms with Gasteiger partial charge in [0, 0.05) is 0 Å². The second-order valence-electron chi connectivity index (χ2n) is 4.04. The zero-order valence-electron chi connectivity index (χ0n) is 9.50. The molecule has 1 saturated heterocycles. The predicted molar refractivity (Wildman–Crippen MR) is 68.0 cm³/mol. The Kier molecular flexibility index (Phi) is 2.98. The first-order valence-electron chi connectivity index (χ1n) is 5.58. The Labute approximate surface area is 101 Å². The van der Waals surface area contributed by atoms with Crippen molar-refractivity contribution in [2.45, 2.75) is 13.0 Å². The predicted octanol–water partition coefficient (Wildman–Crippen LogP) is 3.88. The zero-order valence-corrected chi connectivity index (χ0v) is 10.4. The molecular weight excluding hydrogens is 235 g/mol. The van der Waals surface area contributed by atoms with Crippen LogP contribution in [0.25, 0.3) is 10.8 Å². The molecule has 1 heterocycles. The van der Waals surface area contributed by atoms with Gasteiger partial charge in [-0.25, -0.2) is 0 Å². The van der Waals surface area contributed by atoms with Gasteiger partial charge in [-0.1, -0.05) is 30.3 Å². The van der Waals surface area contributed by atoms with Gasteiger partial charge in [0.2, 0.25) is 0 Å². The van der Waals surface area contributed by atoms with Crippen LogP contribution in [0, 0.1) is 0 Å². The molecule has 3 rings (SSSR count). The number of fused-ring (bicyclic) bond motifs is 1. The lowest BCUT2D eigenvalue weighted by Gasteiger charge is -2.10. The summed E-state index contributed by atoms with van der Waals surface area (Å²) in [5, 5.41) is 2.36. The lowest BCUT2D eigenvalue weighted by Crippen LogP contribution is -2.00. The van der Waals surface area contributed by atoms with Crippen molar-refractivity contribution in [2.24, 2.45) is 0 Å². The van der Waals surface area contributed by atoms with E-state index in [4.69, 9.17) is 13.6 Å². The van der Waals surface area contributed by atoms with Crippen LogP contribution in [-0.2, 0) is 9.05 Å². The van der Waals surface area contributed by atoms with Gasteiger partial charge < -0.3 is 4.52 Å². The van der Waals surface area contributed by atoms with Crippen molar-refractivity contribution in [1.82, 2.24) is 0 Å². The minimum Gasteiger partial charge on any atom is -0.427 e. The van der Waals surface area contributed by atoms with E-state index in [0.29, 0.717) is 6.61 Å². The van der Waals surface area contributed by atoms with Crippen LogP contribution < -0.4 is 4.52 Å². The summed E-state index contributed by atoms with van der Waals surface area (Å²) >= 11 is 0. The van der Waals surface area contributed by atoms with Crippen molar-refractivity contribution in [2.75, 3.05) is 6.61 Å². The van der Waals surface area contributed by atoms with Crippen LogP contribution in [0.1, 0.15) is 6.92 Å². The summed E-state index contributed by atoms with van der Waals surface area (Å²) < 4.78 is 16.6. The maximum atomic E-state index is 5.67. The fourth-order valence-corrected chi connectivity index (χ4v) is 2.86. The summed E-state index contributed by atoms with van der Waals surface area (Å²) in [4.78, 5) is 0. The normalized spacial score (nSPS) is 24.1. The molecule has 0 bridgehead atoms. The van der Waals surface area contributed by atoms with Gasteiger partial charge in [0.05, 0.1) is 12.7 Å². The minimum atomic E-state index is -1.22. The fraction of sp³-hybridized carbons (Fsp3) is 0.231. The van der Waals surface area contributed by atoms with Gasteiger partial charge in [0.25, 0.3) is 0 Å². The van der Waals surface area contributed by atoms with Crippen molar-refractivity contribution in [3.63, 3.8) is 0 Å². The van der Waals surface area contributed by atoms with E-state index in [1.54, 1.807) is 0 Å². The maximum absolute atomic E-state index is 5.67. The largest absolute Gasteiger partial charge is 0.427 e. The Balaban J connectivity index is 1.81. The summed E-state index contributed by atoms with van der Waals surface area (Å²) in [5.74, 6) is 0.795. The summed E-state index contributed by atoms with van der Waals surface area (Å²) in [6.45, 7) is 2.59. The van der Waals surface area contributed by atoms with Gasteiger partial charge in [-0.05, 0) is 29.8 Å². The lowest BCUT2D eigenvalue weighted by molar-refractivity contribution is 0.257. The molecule has 0 spiro atoms. The molecule has 0 aromatic heterocycles. The molecule has 0 aliphatic carbocycles. The molecule has 2 unspecified atom stereocenters. The van der Waals surface area contributed by atoms with Gasteiger partial charge >= 0.3 is 8.60 Å². The molecule has 1 fully saturated rings. The van der Waals surface area contributed by atoms with Crippen LogP contribution >= 0.6 is 8.60 Å². The van der Waals surface area contributed by atoms with Gasteiger partial charge in [0.15, 0.2) is 0 Å². The van der Waals surface area contributed by atoms with E-state index in [1.165, 1.54) is 5.39 Å². The van der Waals surface area contributed by atoms with Crippen molar-refractivity contribution in [3.8, 4) is 5.75 Å². The molecule has 0 radical (unpaired) electrons. The molecule has 1 aliphatic rings. The molecule has 1 aliphatic heterocycles. The van der Waals surface area contributed by atoms with Crippen LogP contribution in [0.15, 0.2) is 42.5 Å². The summed E-state index contributed by atoms with van der Waals surface area (Å²) in [7, 11) is -1.22. The number of hydrogen-bond acceptors (Lipinski definition) is 3. The third-order valence-corrected chi connectivity index (χ3v) is 3.83. The first kappa shape index (κ1) is 11.0. The van der Waals surface area contributed by atoms with E-state index in [2.05, 4.69) is 12.1 Å². The van der Waals surface area contributed by atoms with E-state index < -0.39 is 8.60 Å². The monoisotopic (exact) mass is 248 g/mol. The summed E-state index contributed by atoms with van der Waals surface area (Å²) in [6, 6.07) is 14.2. The number of hydrogen-bond donors (Lipinski definition) is 0. The van der Waals surface area contributed by atoms with E-state index in [0.717, 1.165) is 11.1 Å². The number of benzene rings is 2. The average molecular weight is 248 g/mol. The Morgan fingerprint density at radius 1 is 1.18 bits per heavy atom. The van der Waals surface area contributed by atoms with Crippen LogP contribution in [0.5, 0.6) is 5.75 Å². The highest BCUT2D eigenvalue weighted by Crippen LogP contribution is 2.46. The molecule has 2 atom stereocenters. The number of rotatable bonds is 2. The van der Waals surface area contributed by atoms with E-state index in [9.17, 15) is 0 Å². The summed E-state index contributed by atoms with van der Waals surface area (Å²) in [6.07, 6.45) is 0.126. The molecule has 17 heavy (non-hydrogen) atoms. The van der Waals surface area contributed by atoms with Crippen LogP contribution in [0.3, 0.4) is 0 Å². The molecule has 0 saturated carbocycles. The molecule has 88 valence electrons. The molecule has 4 heteroatoms. The molecule has 2 aromatic carbocycles. The quantitative estimate of drug-likeness (QED) is 0.755.